The number of carboxylic acid groups (broad SMARTS) is 1. The van der Waals surface area contributed by atoms with Crippen LogP contribution in [0.25, 0.3) is 0 Å². The quantitative estimate of drug-likeness (QED) is 0.668. The molecule has 16 heavy (non-hydrogen) atoms. The van der Waals surface area contributed by atoms with Crippen LogP contribution in [0.2, 0.25) is 0 Å². The molecule has 1 heterocycles. The molecule has 0 bridgehead atoms. The predicted molar refractivity (Wildman–Crippen MR) is 55.7 cm³/mol. The molecule has 90 valence electrons. The molecule has 1 fully saturated rings. The topological polar surface area (TPSA) is 86.7 Å². The minimum atomic E-state index is -1.09. The monoisotopic (exact) mass is 228 g/mol. The normalized spacial score (nSPS) is 22.1. The van der Waals surface area contributed by atoms with Crippen molar-refractivity contribution in [3.8, 4) is 0 Å². The lowest BCUT2D eigenvalue weighted by Crippen LogP contribution is -2.35. The summed E-state index contributed by atoms with van der Waals surface area (Å²) in [6, 6.07) is -1.40. The van der Waals surface area contributed by atoms with E-state index in [4.69, 9.17) is 5.11 Å². The number of imide groups is 1. The number of aliphatic carboxylic acids is 1. The van der Waals surface area contributed by atoms with E-state index >= 15 is 0 Å². The minimum Gasteiger partial charge on any atom is -0.481 e. The lowest BCUT2D eigenvalue weighted by molar-refractivity contribution is -0.140. The van der Waals surface area contributed by atoms with Crippen LogP contribution in [0.15, 0.2) is 0 Å². The van der Waals surface area contributed by atoms with Crippen LogP contribution in [0, 0.1) is 5.92 Å². The SMILES string of the molecule is CCC(C)CN1C(=O)NC(CC(=O)O)C1=O. The van der Waals surface area contributed by atoms with E-state index < -0.39 is 23.9 Å². The van der Waals surface area contributed by atoms with Gasteiger partial charge in [0, 0.05) is 6.54 Å². The highest BCUT2D eigenvalue weighted by molar-refractivity contribution is 6.05. The largest absolute Gasteiger partial charge is 0.481 e. The van der Waals surface area contributed by atoms with Crippen LogP contribution in [-0.4, -0.2) is 40.5 Å². The van der Waals surface area contributed by atoms with Gasteiger partial charge in [0.1, 0.15) is 6.04 Å². The summed E-state index contributed by atoms with van der Waals surface area (Å²) in [6.07, 6.45) is 0.502. The van der Waals surface area contributed by atoms with Gasteiger partial charge in [-0.2, -0.15) is 0 Å². The van der Waals surface area contributed by atoms with Crippen molar-refractivity contribution in [2.24, 2.45) is 5.92 Å². The van der Waals surface area contributed by atoms with E-state index in [2.05, 4.69) is 5.32 Å². The molecule has 2 unspecified atom stereocenters. The highest BCUT2D eigenvalue weighted by atomic mass is 16.4. The number of carbonyl (C=O) groups excluding carboxylic acids is 2. The van der Waals surface area contributed by atoms with Crippen LogP contribution in [0.3, 0.4) is 0 Å². The van der Waals surface area contributed by atoms with E-state index in [1.54, 1.807) is 0 Å². The van der Waals surface area contributed by atoms with Crippen molar-refractivity contribution in [1.29, 1.82) is 0 Å². The number of nitrogens with zero attached hydrogens (tertiary/aromatic N) is 1. The maximum absolute atomic E-state index is 11.7. The second kappa shape index (κ2) is 4.96. The van der Waals surface area contributed by atoms with E-state index in [1.807, 2.05) is 13.8 Å². The van der Waals surface area contributed by atoms with E-state index in [0.717, 1.165) is 11.3 Å². The summed E-state index contributed by atoms with van der Waals surface area (Å²) in [4.78, 5) is 34.7. The summed E-state index contributed by atoms with van der Waals surface area (Å²) in [5.74, 6) is -1.31. The number of amides is 3. The van der Waals surface area contributed by atoms with Crippen LogP contribution < -0.4 is 5.32 Å². The first kappa shape index (κ1) is 12.5. The smallest absolute Gasteiger partial charge is 0.324 e. The zero-order valence-corrected chi connectivity index (χ0v) is 9.40. The molecule has 0 aromatic carbocycles. The Bertz CT molecular complexity index is 316. The van der Waals surface area contributed by atoms with Crippen molar-refractivity contribution in [2.75, 3.05) is 6.54 Å². The Balaban J connectivity index is 2.64. The lowest BCUT2D eigenvalue weighted by atomic mass is 10.1. The Kier molecular flexibility index (Phi) is 3.87. The fourth-order valence-corrected chi connectivity index (χ4v) is 1.50. The Morgan fingerprint density at radius 1 is 1.56 bits per heavy atom. The van der Waals surface area contributed by atoms with Crippen molar-refractivity contribution in [3.05, 3.63) is 0 Å². The molecule has 1 aliphatic heterocycles. The number of nitrogens with one attached hydrogen (secondary N) is 1. The number of urea groups is 1. The second-order valence-corrected chi connectivity index (χ2v) is 4.06. The fourth-order valence-electron chi connectivity index (χ4n) is 1.50. The fraction of sp³-hybridized carbons (Fsp3) is 0.700. The Morgan fingerprint density at radius 2 is 2.19 bits per heavy atom. The standard InChI is InChI=1S/C10H16N2O4/c1-3-6(2)5-12-9(15)7(4-8(13)14)11-10(12)16/h6-7H,3-5H2,1-2H3,(H,11,16)(H,13,14). The molecule has 6 heteroatoms. The van der Waals surface area contributed by atoms with Crippen molar-refractivity contribution < 1.29 is 19.5 Å². The number of rotatable bonds is 5. The van der Waals surface area contributed by atoms with E-state index in [-0.39, 0.29) is 12.3 Å². The minimum absolute atomic E-state index is 0.221. The van der Waals surface area contributed by atoms with Gasteiger partial charge in [-0.3, -0.25) is 14.5 Å². The van der Waals surface area contributed by atoms with E-state index in [0.29, 0.717) is 6.54 Å². The van der Waals surface area contributed by atoms with Gasteiger partial charge in [-0.25, -0.2) is 4.79 Å². The molecule has 1 saturated heterocycles. The molecule has 0 spiro atoms. The van der Waals surface area contributed by atoms with Gasteiger partial charge >= 0.3 is 12.0 Å². The number of carbonyl (C=O) groups is 3. The molecule has 0 saturated carbocycles. The van der Waals surface area contributed by atoms with E-state index in [9.17, 15) is 14.4 Å². The molecule has 3 amide bonds. The average Bonchev–Trinajstić information content (AvgIpc) is 2.45. The summed E-state index contributed by atoms with van der Waals surface area (Å²) < 4.78 is 0. The van der Waals surface area contributed by atoms with Crippen molar-refractivity contribution in [1.82, 2.24) is 10.2 Å². The van der Waals surface area contributed by atoms with Gasteiger partial charge in [0.15, 0.2) is 0 Å². The van der Waals surface area contributed by atoms with Crippen molar-refractivity contribution >= 4 is 17.9 Å². The summed E-state index contributed by atoms with van der Waals surface area (Å²) in [7, 11) is 0. The van der Waals surface area contributed by atoms with Gasteiger partial charge < -0.3 is 10.4 Å². The molecule has 0 aromatic rings. The molecular formula is C10H16N2O4. The number of carboxylic acids is 1. The molecule has 0 radical (unpaired) electrons. The highest BCUT2D eigenvalue weighted by Crippen LogP contribution is 2.13. The molecular weight excluding hydrogens is 212 g/mol. The van der Waals surface area contributed by atoms with Gasteiger partial charge in [-0.1, -0.05) is 20.3 Å². The van der Waals surface area contributed by atoms with Gasteiger partial charge in [0.2, 0.25) is 0 Å². The molecule has 6 nitrogen and oxygen atoms in total. The Labute approximate surface area is 93.6 Å². The second-order valence-electron chi connectivity index (χ2n) is 4.06. The first-order valence-electron chi connectivity index (χ1n) is 5.29. The maximum Gasteiger partial charge on any atom is 0.324 e. The zero-order valence-electron chi connectivity index (χ0n) is 9.40. The predicted octanol–water partition coefficient (Wildman–Crippen LogP) is 0.428. The number of hydrogen-bond acceptors (Lipinski definition) is 3. The van der Waals surface area contributed by atoms with Crippen LogP contribution in [0.5, 0.6) is 0 Å². The Morgan fingerprint density at radius 3 is 2.69 bits per heavy atom. The van der Waals surface area contributed by atoms with Gasteiger partial charge in [-0.15, -0.1) is 0 Å². The molecule has 0 aliphatic carbocycles. The van der Waals surface area contributed by atoms with Crippen LogP contribution in [0.1, 0.15) is 26.7 Å². The highest BCUT2D eigenvalue weighted by Gasteiger charge is 2.39. The molecule has 1 rings (SSSR count). The number of hydrogen-bond donors (Lipinski definition) is 2. The first-order valence-corrected chi connectivity index (χ1v) is 5.29. The maximum atomic E-state index is 11.7. The molecule has 1 aliphatic rings. The van der Waals surface area contributed by atoms with Crippen molar-refractivity contribution in [3.63, 3.8) is 0 Å². The summed E-state index contributed by atoms with van der Waals surface area (Å²) in [5.41, 5.74) is 0. The summed E-state index contributed by atoms with van der Waals surface area (Å²) in [6.45, 7) is 4.25. The van der Waals surface area contributed by atoms with Crippen LogP contribution in [0.4, 0.5) is 4.79 Å². The zero-order chi connectivity index (χ0) is 12.3. The Hall–Kier alpha value is -1.59. The third kappa shape index (κ3) is 2.71. The van der Waals surface area contributed by atoms with Crippen LogP contribution in [-0.2, 0) is 9.59 Å². The molecule has 0 aromatic heterocycles. The van der Waals surface area contributed by atoms with Crippen LogP contribution >= 0.6 is 0 Å². The van der Waals surface area contributed by atoms with Gasteiger partial charge in [0.25, 0.3) is 5.91 Å². The first-order chi connectivity index (χ1) is 7.45. The average molecular weight is 228 g/mol. The summed E-state index contributed by atoms with van der Waals surface area (Å²) in [5, 5.41) is 10.9. The summed E-state index contributed by atoms with van der Waals surface area (Å²) >= 11 is 0. The molecule has 2 N–H and O–H groups in total. The lowest BCUT2D eigenvalue weighted by Gasteiger charge is -2.16. The van der Waals surface area contributed by atoms with Gasteiger partial charge in [0.05, 0.1) is 6.42 Å². The van der Waals surface area contributed by atoms with Gasteiger partial charge in [-0.05, 0) is 5.92 Å². The van der Waals surface area contributed by atoms with Crippen molar-refractivity contribution in [2.45, 2.75) is 32.7 Å². The van der Waals surface area contributed by atoms with E-state index in [1.165, 1.54) is 0 Å². The third-order valence-electron chi connectivity index (χ3n) is 2.68. The molecule has 2 atom stereocenters. The third-order valence-corrected chi connectivity index (χ3v) is 2.68.